The molecular weight excluding hydrogens is 320 g/mol. The molecule has 2 amide bonds. The SMILES string of the molecule is CN1C(=O)CN(C(=O)c2cccc3c2OCCO3)C1c1ccccc1. The molecule has 128 valence electrons. The smallest absolute Gasteiger partial charge is 0.260 e. The number of benzene rings is 2. The Kier molecular flexibility index (Phi) is 3.80. The molecular formula is C19H18N2O4. The summed E-state index contributed by atoms with van der Waals surface area (Å²) >= 11 is 0. The Hall–Kier alpha value is -3.02. The van der Waals surface area contributed by atoms with Gasteiger partial charge >= 0.3 is 0 Å². The van der Waals surface area contributed by atoms with Crippen molar-refractivity contribution < 1.29 is 19.1 Å². The molecule has 0 N–H and O–H groups in total. The monoisotopic (exact) mass is 338 g/mol. The van der Waals surface area contributed by atoms with E-state index in [1.807, 2.05) is 30.3 Å². The summed E-state index contributed by atoms with van der Waals surface area (Å²) in [5.74, 6) is 0.679. The normalized spacial score (nSPS) is 19.2. The van der Waals surface area contributed by atoms with Gasteiger partial charge in [-0.15, -0.1) is 0 Å². The highest BCUT2D eigenvalue weighted by Crippen LogP contribution is 2.37. The highest BCUT2D eigenvalue weighted by atomic mass is 16.6. The maximum absolute atomic E-state index is 13.2. The molecule has 2 aliphatic heterocycles. The minimum Gasteiger partial charge on any atom is -0.486 e. The molecule has 6 heteroatoms. The number of hydrogen-bond donors (Lipinski definition) is 0. The molecule has 0 saturated carbocycles. The fourth-order valence-corrected chi connectivity index (χ4v) is 3.30. The van der Waals surface area contributed by atoms with Crippen molar-refractivity contribution in [2.45, 2.75) is 6.17 Å². The molecule has 2 heterocycles. The molecule has 0 spiro atoms. The largest absolute Gasteiger partial charge is 0.486 e. The molecule has 25 heavy (non-hydrogen) atoms. The molecule has 2 aliphatic rings. The summed E-state index contributed by atoms with van der Waals surface area (Å²) < 4.78 is 11.2. The topological polar surface area (TPSA) is 59.1 Å². The Labute approximate surface area is 145 Å². The van der Waals surface area contributed by atoms with Gasteiger partial charge < -0.3 is 19.3 Å². The summed E-state index contributed by atoms with van der Waals surface area (Å²) in [4.78, 5) is 28.6. The lowest BCUT2D eigenvalue weighted by Gasteiger charge is -2.29. The Morgan fingerprint density at radius 2 is 1.80 bits per heavy atom. The van der Waals surface area contributed by atoms with Crippen molar-refractivity contribution >= 4 is 11.8 Å². The third-order valence-electron chi connectivity index (χ3n) is 4.52. The van der Waals surface area contributed by atoms with E-state index in [2.05, 4.69) is 0 Å². The lowest BCUT2D eigenvalue weighted by atomic mass is 10.1. The number of nitrogens with zero attached hydrogens (tertiary/aromatic N) is 2. The van der Waals surface area contributed by atoms with Crippen LogP contribution < -0.4 is 9.47 Å². The van der Waals surface area contributed by atoms with E-state index in [4.69, 9.17) is 9.47 Å². The number of carbonyl (C=O) groups is 2. The predicted octanol–water partition coefficient (Wildman–Crippen LogP) is 2.07. The van der Waals surface area contributed by atoms with E-state index in [1.54, 1.807) is 35.0 Å². The Balaban J connectivity index is 1.73. The van der Waals surface area contributed by atoms with E-state index < -0.39 is 6.17 Å². The van der Waals surface area contributed by atoms with Crippen LogP contribution >= 0.6 is 0 Å². The van der Waals surface area contributed by atoms with Crippen LogP contribution in [0, 0.1) is 0 Å². The molecule has 0 bridgehead atoms. The number of rotatable bonds is 2. The van der Waals surface area contributed by atoms with Crippen molar-refractivity contribution in [2.24, 2.45) is 0 Å². The van der Waals surface area contributed by atoms with Gasteiger partial charge in [-0.3, -0.25) is 9.59 Å². The van der Waals surface area contributed by atoms with Gasteiger partial charge in [0.05, 0.1) is 5.56 Å². The first-order chi connectivity index (χ1) is 12.2. The van der Waals surface area contributed by atoms with Crippen molar-refractivity contribution in [1.82, 2.24) is 9.80 Å². The van der Waals surface area contributed by atoms with Crippen molar-refractivity contribution in [2.75, 3.05) is 26.8 Å². The van der Waals surface area contributed by atoms with Gasteiger partial charge in [-0.1, -0.05) is 36.4 Å². The first-order valence-corrected chi connectivity index (χ1v) is 8.17. The zero-order valence-electron chi connectivity index (χ0n) is 13.8. The molecule has 6 nitrogen and oxygen atoms in total. The Morgan fingerprint density at radius 1 is 1.04 bits per heavy atom. The molecule has 4 rings (SSSR count). The second-order valence-corrected chi connectivity index (χ2v) is 6.05. The highest BCUT2D eigenvalue weighted by molar-refractivity contribution is 6.01. The number of hydrogen-bond acceptors (Lipinski definition) is 4. The van der Waals surface area contributed by atoms with E-state index in [-0.39, 0.29) is 18.4 Å². The summed E-state index contributed by atoms with van der Waals surface area (Å²) in [6, 6.07) is 14.8. The minimum absolute atomic E-state index is 0.0411. The van der Waals surface area contributed by atoms with Crippen molar-refractivity contribution in [3.8, 4) is 11.5 Å². The molecule has 0 radical (unpaired) electrons. The fraction of sp³-hybridized carbons (Fsp3) is 0.263. The third-order valence-corrected chi connectivity index (χ3v) is 4.52. The molecule has 1 saturated heterocycles. The molecule has 2 aromatic carbocycles. The van der Waals surface area contributed by atoms with Crippen LogP contribution in [-0.4, -0.2) is 48.4 Å². The zero-order valence-corrected chi connectivity index (χ0v) is 13.8. The summed E-state index contributed by atoms with van der Waals surface area (Å²) in [6.45, 7) is 0.903. The molecule has 0 aromatic heterocycles. The summed E-state index contributed by atoms with van der Waals surface area (Å²) in [5.41, 5.74) is 1.31. The van der Waals surface area contributed by atoms with Gasteiger partial charge in [-0.05, 0) is 17.7 Å². The number of ether oxygens (including phenoxy) is 2. The lowest BCUT2D eigenvalue weighted by Crippen LogP contribution is -2.34. The molecule has 2 aromatic rings. The summed E-state index contributed by atoms with van der Waals surface area (Å²) in [7, 11) is 1.72. The second-order valence-electron chi connectivity index (χ2n) is 6.05. The van der Waals surface area contributed by atoms with Crippen LogP contribution in [0.25, 0.3) is 0 Å². The Morgan fingerprint density at radius 3 is 2.60 bits per heavy atom. The minimum atomic E-state index is -0.429. The molecule has 1 unspecified atom stereocenters. The van der Waals surface area contributed by atoms with Crippen LogP contribution in [0.1, 0.15) is 22.1 Å². The van der Waals surface area contributed by atoms with Crippen molar-refractivity contribution in [1.29, 1.82) is 0 Å². The molecule has 1 fully saturated rings. The van der Waals surface area contributed by atoms with E-state index in [1.165, 1.54) is 0 Å². The van der Waals surface area contributed by atoms with E-state index >= 15 is 0 Å². The molecule has 0 aliphatic carbocycles. The number of likely N-dealkylation sites (N-methyl/N-ethyl adjacent to an activating group) is 1. The quantitative estimate of drug-likeness (QED) is 0.841. The van der Waals surface area contributed by atoms with Crippen LogP contribution in [0.5, 0.6) is 11.5 Å². The van der Waals surface area contributed by atoms with Gasteiger partial charge in [0.15, 0.2) is 11.5 Å². The van der Waals surface area contributed by atoms with Crippen LogP contribution in [0.15, 0.2) is 48.5 Å². The van der Waals surface area contributed by atoms with E-state index in [0.717, 1.165) is 5.56 Å². The first-order valence-electron chi connectivity index (χ1n) is 8.17. The summed E-state index contributed by atoms with van der Waals surface area (Å²) in [5, 5.41) is 0. The zero-order chi connectivity index (χ0) is 17.4. The molecule has 1 atom stereocenters. The van der Waals surface area contributed by atoms with Gasteiger partial charge in [-0.25, -0.2) is 0 Å². The van der Waals surface area contributed by atoms with Crippen LogP contribution in [0.3, 0.4) is 0 Å². The first kappa shape index (κ1) is 15.5. The maximum Gasteiger partial charge on any atom is 0.260 e. The predicted molar refractivity (Wildman–Crippen MR) is 90.4 cm³/mol. The highest BCUT2D eigenvalue weighted by Gasteiger charge is 2.40. The van der Waals surface area contributed by atoms with Gasteiger partial charge in [-0.2, -0.15) is 0 Å². The number of carbonyl (C=O) groups excluding carboxylic acids is 2. The maximum atomic E-state index is 13.2. The second kappa shape index (κ2) is 6.12. The van der Waals surface area contributed by atoms with Gasteiger partial charge in [0.2, 0.25) is 5.91 Å². The van der Waals surface area contributed by atoms with E-state index in [0.29, 0.717) is 30.3 Å². The van der Waals surface area contributed by atoms with Gasteiger partial charge in [0.25, 0.3) is 5.91 Å². The number of fused-ring (bicyclic) bond motifs is 1. The third kappa shape index (κ3) is 2.59. The van der Waals surface area contributed by atoms with Gasteiger partial charge in [0.1, 0.15) is 25.9 Å². The standard InChI is InChI=1S/C19H18N2O4/c1-20-16(22)12-21(18(20)13-6-3-2-4-7-13)19(23)14-8-5-9-15-17(14)25-11-10-24-15/h2-9,18H,10-12H2,1H3. The summed E-state index contributed by atoms with van der Waals surface area (Å²) in [6.07, 6.45) is -0.429. The average Bonchev–Trinajstić information content (AvgIpc) is 2.96. The lowest BCUT2D eigenvalue weighted by molar-refractivity contribution is -0.126. The van der Waals surface area contributed by atoms with E-state index in [9.17, 15) is 9.59 Å². The van der Waals surface area contributed by atoms with Gasteiger partial charge in [0, 0.05) is 7.05 Å². The van der Waals surface area contributed by atoms with Crippen molar-refractivity contribution in [3.63, 3.8) is 0 Å². The number of para-hydroxylation sites is 1. The fourth-order valence-electron chi connectivity index (χ4n) is 3.30. The van der Waals surface area contributed by atoms with Crippen LogP contribution in [-0.2, 0) is 4.79 Å². The van der Waals surface area contributed by atoms with Crippen LogP contribution in [0.4, 0.5) is 0 Å². The van der Waals surface area contributed by atoms with Crippen LogP contribution in [0.2, 0.25) is 0 Å². The number of amides is 2. The average molecular weight is 338 g/mol. The van der Waals surface area contributed by atoms with Crippen molar-refractivity contribution in [3.05, 3.63) is 59.7 Å². The Bertz CT molecular complexity index is 821.